The average Bonchev–Trinajstić information content (AvgIpc) is 3.19. The monoisotopic (exact) mass is 423 g/mol. The number of carbonyl (C=O) groups is 1. The molecule has 2 heterocycles. The summed E-state index contributed by atoms with van der Waals surface area (Å²) in [5.74, 6) is 0.457. The van der Waals surface area contributed by atoms with Gasteiger partial charge in [-0.25, -0.2) is 0 Å². The molecular formula is C24H29N3O4. The van der Waals surface area contributed by atoms with Crippen molar-refractivity contribution in [3.63, 3.8) is 0 Å². The van der Waals surface area contributed by atoms with Crippen LogP contribution in [0.1, 0.15) is 15.9 Å². The van der Waals surface area contributed by atoms with Gasteiger partial charge in [0.25, 0.3) is 5.91 Å². The number of aromatic hydroxyl groups is 1. The summed E-state index contributed by atoms with van der Waals surface area (Å²) in [6.45, 7) is 5.34. The lowest BCUT2D eigenvalue weighted by atomic mass is 9.98. The van der Waals surface area contributed by atoms with Crippen molar-refractivity contribution in [3.8, 4) is 17.1 Å². The Balaban J connectivity index is 1.66. The molecule has 0 bridgehead atoms. The van der Waals surface area contributed by atoms with E-state index in [9.17, 15) is 9.90 Å². The van der Waals surface area contributed by atoms with Gasteiger partial charge in [-0.1, -0.05) is 30.3 Å². The molecular weight excluding hydrogens is 394 g/mol. The molecule has 0 atom stereocenters. The molecule has 164 valence electrons. The van der Waals surface area contributed by atoms with Crippen LogP contribution >= 0.6 is 0 Å². The predicted octanol–water partition coefficient (Wildman–Crippen LogP) is 2.32. The normalized spacial score (nSPS) is 15.4. The number of fused-ring (bicyclic) bond motifs is 1. The molecule has 4 rings (SSSR count). The van der Waals surface area contributed by atoms with E-state index in [2.05, 4.69) is 15.1 Å². The minimum atomic E-state index is -0.234. The number of phenols is 1. The van der Waals surface area contributed by atoms with E-state index in [0.29, 0.717) is 35.3 Å². The van der Waals surface area contributed by atoms with Crippen LogP contribution in [-0.4, -0.2) is 78.8 Å². The minimum absolute atomic E-state index is 0.178. The maximum absolute atomic E-state index is 12.9. The third-order valence-corrected chi connectivity index (χ3v) is 5.99. The summed E-state index contributed by atoms with van der Waals surface area (Å²) in [7, 11) is 1.60. The van der Waals surface area contributed by atoms with Crippen LogP contribution in [0.2, 0.25) is 0 Å². The number of aliphatic hydroxyl groups is 1. The Bertz CT molecular complexity index is 1040. The van der Waals surface area contributed by atoms with Crippen molar-refractivity contribution in [1.29, 1.82) is 0 Å². The highest BCUT2D eigenvalue weighted by Gasteiger charge is 2.25. The molecule has 1 aliphatic heterocycles. The highest BCUT2D eigenvalue weighted by atomic mass is 16.3. The third-order valence-electron chi connectivity index (χ3n) is 5.99. The molecule has 1 aromatic heterocycles. The Hall–Kier alpha value is -2.87. The van der Waals surface area contributed by atoms with Crippen LogP contribution in [0, 0.1) is 0 Å². The average molecular weight is 424 g/mol. The van der Waals surface area contributed by atoms with E-state index in [-0.39, 0.29) is 18.3 Å². The summed E-state index contributed by atoms with van der Waals surface area (Å²) in [6, 6.07) is 12.9. The first-order valence-electron chi connectivity index (χ1n) is 10.7. The van der Waals surface area contributed by atoms with Gasteiger partial charge in [-0.3, -0.25) is 9.69 Å². The molecule has 3 N–H and O–H groups in total. The van der Waals surface area contributed by atoms with Crippen molar-refractivity contribution < 1.29 is 19.4 Å². The molecule has 3 aromatic rings. The molecule has 31 heavy (non-hydrogen) atoms. The van der Waals surface area contributed by atoms with Crippen LogP contribution in [0.5, 0.6) is 5.75 Å². The number of hydrogen-bond donors (Lipinski definition) is 3. The lowest BCUT2D eigenvalue weighted by Gasteiger charge is -2.34. The Morgan fingerprint density at radius 3 is 2.35 bits per heavy atom. The SMILES string of the molecule is CNC(=O)c1c(-c2ccccc2)oc2ccc(O)c(CCN3CCN(CCO)CC3)c12. The first kappa shape index (κ1) is 21.4. The second kappa shape index (κ2) is 9.51. The molecule has 7 nitrogen and oxygen atoms in total. The van der Waals surface area contributed by atoms with E-state index in [0.717, 1.165) is 43.9 Å². The van der Waals surface area contributed by atoms with Crippen LogP contribution in [0.4, 0.5) is 0 Å². The molecule has 7 heteroatoms. The number of β-amino-alcohol motifs (C(OH)–C–C–N with tert-alkyl or cyclic N) is 1. The van der Waals surface area contributed by atoms with Crippen LogP contribution in [-0.2, 0) is 6.42 Å². The number of phenolic OH excluding ortho intramolecular Hbond substituents is 1. The minimum Gasteiger partial charge on any atom is -0.508 e. The van der Waals surface area contributed by atoms with E-state index in [4.69, 9.17) is 9.52 Å². The van der Waals surface area contributed by atoms with Gasteiger partial charge in [-0.15, -0.1) is 0 Å². The number of nitrogens with zero attached hydrogens (tertiary/aromatic N) is 2. The third kappa shape index (κ3) is 4.44. The highest BCUT2D eigenvalue weighted by molar-refractivity contribution is 6.12. The zero-order valence-corrected chi connectivity index (χ0v) is 17.8. The van der Waals surface area contributed by atoms with Gasteiger partial charge >= 0.3 is 0 Å². The molecule has 1 aliphatic rings. The first-order chi connectivity index (χ1) is 15.1. The fraction of sp³-hybridized carbons (Fsp3) is 0.375. The van der Waals surface area contributed by atoms with Crippen molar-refractivity contribution in [1.82, 2.24) is 15.1 Å². The van der Waals surface area contributed by atoms with Gasteiger partial charge < -0.3 is 24.8 Å². The van der Waals surface area contributed by atoms with Crippen molar-refractivity contribution in [2.75, 3.05) is 52.9 Å². The number of aliphatic hydroxyl groups excluding tert-OH is 1. The molecule has 0 radical (unpaired) electrons. The van der Waals surface area contributed by atoms with Crippen molar-refractivity contribution >= 4 is 16.9 Å². The molecule has 0 unspecified atom stereocenters. The quantitative estimate of drug-likeness (QED) is 0.541. The van der Waals surface area contributed by atoms with E-state index in [1.165, 1.54) is 0 Å². The van der Waals surface area contributed by atoms with E-state index < -0.39 is 0 Å². The van der Waals surface area contributed by atoms with Crippen LogP contribution in [0.3, 0.4) is 0 Å². The number of carbonyl (C=O) groups excluding carboxylic acids is 1. The topological polar surface area (TPSA) is 89.2 Å². The fourth-order valence-corrected chi connectivity index (χ4v) is 4.28. The summed E-state index contributed by atoms with van der Waals surface area (Å²) >= 11 is 0. The molecule has 0 spiro atoms. The smallest absolute Gasteiger partial charge is 0.255 e. The zero-order chi connectivity index (χ0) is 21.8. The lowest BCUT2D eigenvalue weighted by Crippen LogP contribution is -2.47. The van der Waals surface area contributed by atoms with Gasteiger partial charge in [0.05, 0.1) is 12.2 Å². The summed E-state index contributed by atoms with van der Waals surface area (Å²) in [6.07, 6.45) is 0.612. The number of nitrogens with one attached hydrogen (secondary N) is 1. The number of amides is 1. The maximum atomic E-state index is 12.9. The standard InChI is InChI=1S/C24H29N3O4/c1-25-24(30)22-21-18(9-10-26-11-13-27(14-12-26)15-16-28)19(29)7-8-20(21)31-23(22)17-5-3-2-4-6-17/h2-8,28-29H,9-16H2,1H3,(H,25,30). The molecule has 0 aliphatic carbocycles. The van der Waals surface area contributed by atoms with Crippen molar-refractivity contribution in [2.45, 2.75) is 6.42 Å². The predicted molar refractivity (Wildman–Crippen MR) is 120 cm³/mol. The van der Waals surface area contributed by atoms with Gasteiger partial charge in [0, 0.05) is 62.8 Å². The first-order valence-corrected chi connectivity index (χ1v) is 10.7. The molecule has 1 fully saturated rings. The molecule has 1 saturated heterocycles. The highest BCUT2D eigenvalue weighted by Crippen LogP contribution is 2.38. The number of hydrogen-bond acceptors (Lipinski definition) is 6. The molecule has 0 saturated carbocycles. The van der Waals surface area contributed by atoms with Gasteiger partial charge in [0.2, 0.25) is 0 Å². The molecule has 1 amide bonds. The number of piperazine rings is 1. The van der Waals surface area contributed by atoms with Crippen molar-refractivity contribution in [3.05, 3.63) is 53.6 Å². The van der Waals surface area contributed by atoms with Crippen LogP contribution in [0.15, 0.2) is 46.9 Å². The lowest BCUT2D eigenvalue weighted by molar-refractivity contribution is 0.0964. The number of rotatable bonds is 7. The largest absolute Gasteiger partial charge is 0.508 e. The van der Waals surface area contributed by atoms with Crippen molar-refractivity contribution in [2.24, 2.45) is 0 Å². The Morgan fingerprint density at radius 2 is 1.71 bits per heavy atom. The molecule has 2 aromatic carbocycles. The van der Waals surface area contributed by atoms with Gasteiger partial charge in [0.1, 0.15) is 17.1 Å². The van der Waals surface area contributed by atoms with Gasteiger partial charge in [0.15, 0.2) is 0 Å². The summed E-state index contributed by atoms with van der Waals surface area (Å²) in [5, 5.41) is 23.2. The van der Waals surface area contributed by atoms with Crippen LogP contribution in [0.25, 0.3) is 22.3 Å². The summed E-state index contributed by atoms with van der Waals surface area (Å²) in [5.41, 5.74) is 2.61. The second-order valence-electron chi connectivity index (χ2n) is 7.84. The summed E-state index contributed by atoms with van der Waals surface area (Å²) in [4.78, 5) is 17.5. The van der Waals surface area contributed by atoms with E-state index in [1.807, 2.05) is 30.3 Å². The Labute approximate surface area is 181 Å². The van der Waals surface area contributed by atoms with Gasteiger partial charge in [-0.05, 0) is 18.6 Å². The maximum Gasteiger partial charge on any atom is 0.255 e. The summed E-state index contributed by atoms with van der Waals surface area (Å²) < 4.78 is 6.12. The van der Waals surface area contributed by atoms with E-state index in [1.54, 1.807) is 19.2 Å². The fourth-order valence-electron chi connectivity index (χ4n) is 4.28. The number of furan rings is 1. The van der Waals surface area contributed by atoms with Gasteiger partial charge in [-0.2, -0.15) is 0 Å². The Kier molecular flexibility index (Phi) is 6.56. The zero-order valence-electron chi connectivity index (χ0n) is 17.8. The second-order valence-corrected chi connectivity index (χ2v) is 7.84. The van der Waals surface area contributed by atoms with E-state index >= 15 is 0 Å². The van der Waals surface area contributed by atoms with Crippen LogP contribution < -0.4 is 5.32 Å². The number of benzene rings is 2. The Morgan fingerprint density at radius 1 is 1.03 bits per heavy atom.